The molecule has 0 aliphatic carbocycles. The van der Waals surface area contributed by atoms with Crippen LogP contribution >= 0.6 is 11.3 Å². The van der Waals surface area contributed by atoms with Crippen molar-refractivity contribution in [2.24, 2.45) is 0 Å². The van der Waals surface area contributed by atoms with Gasteiger partial charge in [0, 0.05) is 26.1 Å². The van der Waals surface area contributed by atoms with Gasteiger partial charge in [0.15, 0.2) is 0 Å². The van der Waals surface area contributed by atoms with E-state index in [0.29, 0.717) is 21.6 Å². The van der Waals surface area contributed by atoms with Crippen molar-refractivity contribution in [1.82, 2.24) is 19.8 Å². The van der Waals surface area contributed by atoms with Crippen molar-refractivity contribution in [1.29, 1.82) is 0 Å². The van der Waals surface area contributed by atoms with Crippen LogP contribution in [0.2, 0.25) is 0 Å². The molecule has 1 N–H and O–H groups in total. The fourth-order valence-electron chi connectivity index (χ4n) is 3.10. The van der Waals surface area contributed by atoms with Crippen LogP contribution in [0, 0.1) is 6.92 Å². The standard InChI is InChI=1S/C17H24N4O2S/c1-11-13-16(24-14(11)15(22)18-8-10-20(2)3)19-12-7-5-4-6-9-21(12)17(13)23/h4-10H2,1-3H3,(H,18,22). The zero-order chi connectivity index (χ0) is 17.3. The molecule has 6 nitrogen and oxygen atoms in total. The van der Waals surface area contributed by atoms with Crippen LogP contribution in [-0.2, 0) is 13.0 Å². The molecule has 0 fully saturated rings. The highest BCUT2D eigenvalue weighted by molar-refractivity contribution is 7.20. The highest BCUT2D eigenvalue weighted by Gasteiger charge is 2.21. The Kier molecular flexibility index (Phi) is 5.01. The van der Waals surface area contributed by atoms with Gasteiger partial charge in [-0.25, -0.2) is 4.98 Å². The van der Waals surface area contributed by atoms with Crippen LogP contribution in [0.3, 0.4) is 0 Å². The first kappa shape index (κ1) is 17.1. The number of carbonyl (C=O) groups is 1. The van der Waals surface area contributed by atoms with Gasteiger partial charge in [-0.3, -0.25) is 14.2 Å². The minimum atomic E-state index is -0.114. The third-order valence-corrected chi connectivity index (χ3v) is 5.65. The molecule has 0 atom stereocenters. The third kappa shape index (κ3) is 3.23. The third-order valence-electron chi connectivity index (χ3n) is 4.46. The molecule has 1 aliphatic heterocycles. The van der Waals surface area contributed by atoms with Gasteiger partial charge in [-0.15, -0.1) is 11.3 Å². The number of aromatic nitrogens is 2. The fourth-order valence-corrected chi connectivity index (χ4v) is 4.21. The number of aryl methyl sites for hydroxylation is 2. The van der Waals surface area contributed by atoms with Crippen LogP contribution in [0.25, 0.3) is 10.2 Å². The van der Waals surface area contributed by atoms with Crippen molar-refractivity contribution in [2.75, 3.05) is 27.2 Å². The molecule has 7 heteroatoms. The van der Waals surface area contributed by atoms with Gasteiger partial charge < -0.3 is 10.2 Å². The van der Waals surface area contributed by atoms with Crippen molar-refractivity contribution in [3.63, 3.8) is 0 Å². The number of likely N-dealkylation sites (N-methyl/N-ethyl adjacent to an activating group) is 1. The van der Waals surface area contributed by atoms with E-state index in [1.54, 1.807) is 0 Å². The van der Waals surface area contributed by atoms with Crippen molar-refractivity contribution in [3.8, 4) is 0 Å². The lowest BCUT2D eigenvalue weighted by Crippen LogP contribution is -2.31. The zero-order valence-corrected chi connectivity index (χ0v) is 15.3. The van der Waals surface area contributed by atoms with E-state index in [-0.39, 0.29) is 11.5 Å². The summed E-state index contributed by atoms with van der Waals surface area (Å²) in [6.07, 6.45) is 4.06. The molecule has 0 unspecified atom stereocenters. The average Bonchev–Trinajstić information content (AvgIpc) is 2.70. The minimum absolute atomic E-state index is 0.0120. The largest absolute Gasteiger partial charge is 0.350 e. The molecule has 3 rings (SSSR count). The van der Waals surface area contributed by atoms with E-state index in [9.17, 15) is 9.59 Å². The van der Waals surface area contributed by atoms with E-state index in [1.165, 1.54) is 11.3 Å². The number of hydrogen-bond acceptors (Lipinski definition) is 5. The number of fused-ring (bicyclic) bond motifs is 2. The Bertz CT molecular complexity index is 822. The van der Waals surface area contributed by atoms with E-state index in [0.717, 1.165) is 50.2 Å². The van der Waals surface area contributed by atoms with Gasteiger partial charge in [-0.1, -0.05) is 6.42 Å². The summed E-state index contributed by atoms with van der Waals surface area (Å²) in [7, 11) is 3.93. The maximum atomic E-state index is 12.9. The number of hydrogen-bond donors (Lipinski definition) is 1. The fraction of sp³-hybridized carbons (Fsp3) is 0.588. The van der Waals surface area contributed by atoms with Crippen molar-refractivity contribution < 1.29 is 4.79 Å². The normalized spacial score (nSPS) is 14.7. The van der Waals surface area contributed by atoms with Crippen LogP contribution in [0.1, 0.15) is 40.3 Å². The number of nitrogens with one attached hydrogen (secondary N) is 1. The molecule has 24 heavy (non-hydrogen) atoms. The summed E-state index contributed by atoms with van der Waals surface area (Å²) >= 11 is 1.33. The number of carbonyl (C=O) groups excluding carboxylic acids is 1. The summed E-state index contributed by atoms with van der Waals surface area (Å²) in [5, 5.41) is 3.54. The molecule has 130 valence electrons. The highest BCUT2D eigenvalue weighted by atomic mass is 32.1. The number of thiophene rings is 1. The van der Waals surface area contributed by atoms with E-state index in [1.807, 2.05) is 30.5 Å². The van der Waals surface area contributed by atoms with Crippen LogP contribution < -0.4 is 10.9 Å². The van der Waals surface area contributed by atoms with Crippen LogP contribution in [0.15, 0.2) is 4.79 Å². The van der Waals surface area contributed by atoms with E-state index >= 15 is 0 Å². The number of nitrogens with zero attached hydrogens (tertiary/aromatic N) is 3. The van der Waals surface area contributed by atoms with Crippen LogP contribution in [0.5, 0.6) is 0 Å². The van der Waals surface area contributed by atoms with E-state index in [4.69, 9.17) is 4.98 Å². The first-order valence-corrected chi connectivity index (χ1v) is 9.26. The van der Waals surface area contributed by atoms with E-state index in [2.05, 4.69) is 5.32 Å². The summed E-state index contributed by atoms with van der Waals surface area (Å²) in [5.74, 6) is 0.753. The Labute approximate surface area is 145 Å². The first-order valence-electron chi connectivity index (χ1n) is 8.44. The second-order valence-corrected chi connectivity index (χ2v) is 7.59. The molecular formula is C17H24N4O2S. The highest BCUT2D eigenvalue weighted by Crippen LogP contribution is 2.28. The Balaban J connectivity index is 1.97. The molecule has 2 aromatic rings. The van der Waals surface area contributed by atoms with Crippen molar-refractivity contribution in [3.05, 3.63) is 26.6 Å². The summed E-state index contributed by atoms with van der Waals surface area (Å²) < 4.78 is 1.81. The smallest absolute Gasteiger partial charge is 0.262 e. The first-order chi connectivity index (χ1) is 11.5. The van der Waals surface area contributed by atoms with Gasteiger partial charge in [-0.05, 0) is 39.4 Å². The molecule has 0 saturated heterocycles. The molecule has 0 bridgehead atoms. The lowest BCUT2D eigenvalue weighted by Gasteiger charge is -2.10. The quantitative estimate of drug-likeness (QED) is 0.915. The maximum Gasteiger partial charge on any atom is 0.262 e. The van der Waals surface area contributed by atoms with Crippen LogP contribution in [-0.4, -0.2) is 47.5 Å². The SMILES string of the molecule is Cc1c(C(=O)NCCN(C)C)sc2nc3n(c(=O)c12)CCCCC3. The molecule has 0 saturated carbocycles. The Hall–Kier alpha value is -1.73. The average molecular weight is 348 g/mol. The predicted molar refractivity (Wildman–Crippen MR) is 97.1 cm³/mol. The zero-order valence-electron chi connectivity index (χ0n) is 14.5. The molecule has 0 aromatic carbocycles. The van der Waals surface area contributed by atoms with Gasteiger partial charge in [0.1, 0.15) is 10.7 Å². The predicted octanol–water partition coefficient (Wildman–Crippen LogP) is 1.78. The second-order valence-electron chi connectivity index (χ2n) is 6.59. The lowest BCUT2D eigenvalue weighted by atomic mass is 10.2. The van der Waals surface area contributed by atoms with Gasteiger partial charge in [0.25, 0.3) is 11.5 Å². The van der Waals surface area contributed by atoms with Gasteiger partial charge in [0.2, 0.25) is 0 Å². The van der Waals surface area contributed by atoms with Gasteiger partial charge in [-0.2, -0.15) is 0 Å². The lowest BCUT2D eigenvalue weighted by molar-refractivity contribution is 0.0954. The molecular weight excluding hydrogens is 324 g/mol. The molecule has 0 spiro atoms. The Morgan fingerprint density at radius 1 is 1.33 bits per heavy atom. The van der Waals surface area contributed by atoms with Crippen LogP contribution in [0.4, 0.5) is 0 Å². The molecule has 3 heterocycles. The van der Waals surface area contributed by atoms with Gasteiger partial charge >= 0.3 is 0 Å². The molecule has 1 aliphatic rings. The van der Waals surface area contributed by atoms with Gasteiger partial charge in [0.05, 0.1) is 10.3 Å². The number of amides is 1. The van der Waals surface area contributed by atoms with Crippen molar-refractivity contribution >= 4 is 27.5 Å². The monoisotopic (exact) mass is 348 g/mol. The summed E-state index contributed by atoms with van der Waals surface area (Å²) in [6.45, 7) is 3.95. The summed E-state index contributed by atoms with van der Waals surface area (Å²) in [4.78, 5) is 33.3. The molecule has 2 aromatic heterocycles. The number of rotatable bonds is 4. The molecule has 0 radical (unpaired) electrons. The minimum Gasteiger partial charge on any atom is -0.350 e. The summed E-state index contributed by atoms with van der Waals surface area (Å²) in [5.41, 5.74) is 0.771. The van der Waals surface area contributed by atoms with E-state index < -0.39 is 0 Å². The van der Waals surface area contributed by atoms with Crippen molar-refractivity contribution in [2.45, 2.75) is 39.2 Å². The topological polar surface area (TPSA) is 67.2 Å². The Morgan fingerprint density at radius 3 is 2.88 bits per heavy atom. The Morgan fingerprint density at radius 2 is 2.12 bits per heavy atom. The summed E-state index contributed by atoms with van der Waals surface area (Å²) in [6, 6.07) is 0. The maximum absolute atomic E-state index is 12.9. The second kappa shape index (κ2) is 7.03. The molecule has 1 amide bonds.